The third-order valence-corrected chi connectivity index (χ3v) is 24.0. The van der Waals surface area contributed by atoms with Crippen LogP contribution in [0.15, 0.2) is 137 Å². The third-order valence-electron chi connectivity index (χ3n) is 24.0. The number of piperidine rings is 2. The molecule has 13 rings (SSSR count). The number of anilines is 8. The Labute approximate surface area is 757 Å². The van der Waals surface area contributed by atoms with E-state index in [1.54, 1.807) is 32.0 Å². The van der Waals surface area contributed by atoms with E-state index in [-0.39, 0.29) is 192 Å². The van der Waals surface area contributed by atoms with E-state index in [0.29, 0.717) is 79.3 Å². The molecule has 2 fully saturated rings. The molecule has 7 aromatic rings. The lowest BCUT2D eigenvalue weighted by Gasteiger charge is -2.34. The van der Waals surface area contributed by atoms with Gasteiger partial charge in [-0.3, -0.25) is 62.3 Å². The quantitative estimate of drug-likeness (QED) is 0.0181. The largest absolute Gasteiger partial charge is 0.508 e. The lowest BCUT2D eigenvalue weighted by Crippen LogP contribution is -2.55. The van der Waals surface area contributed by atoms with Gasteiger partial charge in [0.15, 0.2) is 5.43 Å². The van der Waals surface area contributed by atoms with Crippen molar-refractivity contribution in [3.8, 4) is 39.7 Å². The fourth-order valence-electron chi connectivity index (χ4n) is 16.1. The zero-order chi connectivity index (χ0) is 94.1. The smallest absolute Gasteiger partial charge is 0.336 e. The number of amides is 12. The van der Waals surface area contributed by atoms with Crippen molar-refractivity contribution < 1.29 is 86.4 Å². The van der Waals surface area contributed by atoms with Gasteiger partial charge in [-0.2, -0.15) is 15.0 Å². The lowest BCUT2D eigenvalue weighted by molar-refractivity contribution is -0.128. The number of ether oxygens (including phenoxy) is 2. The number of rotatable bonds is 28. The molecule has 6 heterocycles. The Morgan fingerprint density at radius 2 is 0.985 bits per heavy atom. The number of carboxylic acids is 1. The SMILES string of the molecule is CC[C@H](C)[C@@H]1NC(=O)c2cc(NC(=O)CNC(=O)C3CCN(c4nc(Nc5ccc(-c6c7ccc(=O)cc-7oc7cc(O)ccc67)c(C(=O)O)c5)nc(N5CCC(C(=O)NCC(=O)Nc6ccc7c(c6)C(=O)N[C@@H]([C@@H](C)CC)C(=O)N[C@@H](CCCCN)C(=O)Nc6cc(C(N)=O)ccc6CO7)CC5)n4)CC3)ccc2OCc2ccc(C(N)=O)cc2NC(=O)[C@H](CCCCN)NC1=O. The minimum absolute atomic E-state index is 0.0200. The Bertz CT molecular complexity index is 5720. The Balaban J connectivity index is 0.695. The average Bonchev–Trinajstić information content (AvgIpc) is 0.744. The molecular formula is C93H106N20O19. The topological polar surface area (TPSA) is 593 Å². The molecule has 6 aliphatic rings. The summed E-state index contributed by atoms with van der Waals surface area (Å²) in [5, 5.41) is 53.0. The number of nitrogens with zero attached hydrogens (tertiary/aromatic N) is 5. The first-order chi connectivity index (χ1) is 63.4. The predicted molar refractivity (Wildman–Crippen MR) is 489 cm³/mol. The van der Waals surface area contributed by atoms with Crippen LogP contribution in [0.1, 0.15) is 168 Å². The van der Waals surface area contributed by atoms with Gasteiger partial charge in [-0.25, -0.2) is 4.79 Å². The number of phenols is 1. The van der Waals surface area contributed by atoms with Crippen LogP contribution in [0.3, 0.4) is 0 Å². The highest BCUT2D eigenvalue weighted by Crippen LogP contribution is 2.44. The highest BCUT2D eigenvalue weighted by molar-refractivity contribution is 6.10. The summed E-state index contributed by atoms with van der Waals surface area (Å²) in [7, 11) is 0. The minimum Gasteiger partial charge on any atom is -0.508 e. The van der Waals surface area contributed by atoms with Crippen molar-refractivity contribution in [2.75, 3.05) is 88.7 Å². The second-order valence-electron chi connectivity index (χ2n) is 33.1. The molecule has 0 saturated carbocycles. The first-order valence-electron chi connectivity index (χ1n) is 43.8. The van der Waals surface area contributed by atoms with E-state index in [0.717, 1.165) is 0 Å². The number of unbranched alkanes of at least 4 members (excludes halogenated alkanes) is 2. The van der Waals surface area contributed by atoms with Crippen molar-refractivity contribution in [2.45, 2.75) is 142 Å². The number of phenolic OH excluding ortho intramolecular Hbond substituents is 1. The number of aromatic carboxylic acids is 1. The number of nitrogens with one attached hydrogen (secondary N) is 11. The standard InChI is InChI=1S/C93H106N20O19/c1-5-48(3)78-88(126)103-67(11-7-9-31-94)86(124)105-69-37-52(80(96)118)13-15-54(69)46-130-71-25-18-56(40-65(71)84(122)107-78)100-75(116)44-98-82(120)50-27-33-112(34-28-50)92-109-91(102-58-17-22-61(64(39-58)90(128)129)77-62-23-20-59(114)42-73(62)132-74-43-60(115)21-24-63(74)77)110-93(111-92)113-35-29-51(30-36-113)83(121)99-45-76(117)101-57-19-26-72-66(41-57)85(123)108-79(49(4)6-2)89(127)104-68(12-8-10-32-95)87(125)106-70-38-53(81(97)119)14-16-55(70)47-131-72/h13-26,37-43,48-51,67-68,78-79,114H,5-12,27-36,44-47,94-95H2,1-4H3,(H2,96,118)(H2,97,119)(H,98,120)(H,99,121)(H,100,116)(H,101,117)(H,103,126)(H,104,127)(H,105,124)(H,106,125)(H,107,122)(H,108,123)(H,128,129)(H,102,109,110,111)/t48-,49-,67-,68-,78-,79-/m0/s1. The van der Waals surface area contributed by atoms with Crippen LogP contribution in [0, 0.1) is 23.7 Å². The molecule has 2 saturated heterocycles. The zero-order valence-corrected chi connectivity index (χ0v) is 73.2. The molecule has 1 aliphatic carbocycles. The summed E-state index contributed by atoms with van der Waals surface area (Å²) < 4.78 is 18.6. The van der Waals surface area contributed by atoms with E-state index in [1.165, 1.54) is 109 Å². The summed E-state index contributed by atoms with van der Waals surface area (Å²) in [5.41, 5.74) is 25.2. The summed E-state index contributed by atoms with van der Waals surface area (Å²) in [4.78, 5) is 210. The Hall–Kier alpha value is -15.2. The van der Waals surface area contributed by atoms with Gasteiger partial charge in [0, 0.05) is 117 Å². The molecule has 0 radical (unpaired) electrons. The van der Waals surface area contributed by atoms with E-state index in [9.17, 15) is 77.3 Å². The average molecular weight is 1810 g/mol. The van der Waals surface area contributed by atoms with Crippen LogP contribution in [-0.4, -0.2) is 179 Å². The van der Waals surface area contributed by atoms with Crippen LogP contribution >= 0.6 is 0 Å². The number of aromatic nitrogens is 3. The van der Waals surface area contributed by atoms with Crippen LogP contribution in [0.4, 0.5) is 46.3 Å². The van der Waals surface area contributed by atoms with Crippen LogP contribution in [-0.2, 0) is 51.6 Å². The van der Waals surface area contributed by atoms with Crippen LogP contribution in [0.25, 0.3) is 33.4 Å². The Morgan fingerprint density at radius 1 is 0.515 bits per heavy atom. The maximum absolute atomic E-state index is 14.5. The van der Waals surface area contributed by atoms with Crippen molar-refractivity contribution in [3.63, 3.8) is 0 Å². The second kappa shape index (κ2) is 42.8. The molecule has 0 unspecified atom stereocenters. The number of carboxylic acid groups (broad SMARTS) is 1. The van der Waals surface area contributed by atoms with E-state index < -0.39 is 138 Å². The van der Waals surface area contributed by atoms with Gasteiger partial charge in [-0.1, -0.05) is 58.7 Å². The fourth-order valence-corrected chi connectivity index (χ4v) is 16.1. The van der Waals surface area contributed by atoms with E-state index in [1.807, 2.05) is 23.6 Å². The number of hydrogen-bond acceptors (Lipinski definition) is 26. The molecule has 5 aliphatic heterocycles. The molecule has 0 bridgehead atoms. The molecule has 39 heteroatoms. The number of carbonyl (C=O) groups is 13. The van der Waals surface area contributed by atoms with Crippen LogP contribution in [0.2, 0.25) is 0 Å². The van der Waals surface area contributed by atoms with Crippen LogP contribution < -0.4 is 106 Å². The van der Waals surface area contributed by atoms with Gasteiger partial charge >= 0.3 is 5.97 Å². The number of aromatic hydroxyl groups is 1. The molecule has 21 N–H and O–H groups in total. The number of carbonyl (C=O) groups excluding carboxylic acids is 12. The van der Waals surface area contributed by atoms with Crippen molar-refractivity contribution in [1.82, 2.24) is 46.9 Å². The summed E-state index contributed by atoms with van der Waals surface area (Å²) >= 11 is 0. The van der Waals surface area contributed by atoms with E-state index in [2.05, 4.69) is 58.5 Å². The molecule has 39 nitrogen and oxygen atoms in total. The number of fused-ring (bicyclic) bond motifs is 6. The second-order valence-corrected chi connectivity index (χ2v) is 33.1. The summed E-state index contributed by atoms with van der Waals surface area (Å²) in [6.45, 7) is 7.29. The number of nitrogens with two attached hydrogens (primary N) is 4. The van der Waals surface area contributed by atoms with Gasteiger partial charge in [0.1, 0.15) is 66.0 Å². The zero-order valence-electron chi connectivity index (χ0n) is 73.2. The fraction of sp³-hybridized carbons (Fsp3) is 0.366. The third kappa shape index (κ3) is 23.1. The van der Waals surface area contributed by atoms with Crippen LogP contribution in [0.5, 0.6) is 17.2 Å². The van der Waals surface area contributed by atoms with E-state index >= 15 is 0 Å². The maximum atomic E-state index is 14.5. The molecule has 12 amide bonds. The lowest BCUT2D eigenvalue weighted by atomic mass is 9.90. The Morgan fingerprint density at radius 3 is 1.44 bits per heavy atom. The summed E-state index contributed by atoms with van der Waals surface area (Å²) in [6, 6.07) is 26.0. The highest BCUT2D eigenvalue weighted by Gasteiger charge is 2.37. The van der Waals surface area contributed by atoms with Gasteiger partial charge in [-0.05, 0) is 192 Å². The predicted octanol–water partition coefficient (Wildman–Crippen LogP) is 6.62. The van der Waals surface area contributed by atoms with E-state index in [4.69, 9.17) is 51.8 Å². The van der Waals surface area contributed by atoms with Crippen molar-refractivity contribution >= 4 is 134 Å². The van der Waals surface area contributed by atoms with Crippen molar-refractivity contribution in [2.24, 2.45) is 46.6 Å². The van der Waals surface area contributed by atoms with Crippen molar-refractivity contribution in [3.05, 3.63) is 177 Å². The van der Waals surface area contributed by atoms with Gasteiger partial charge in [0.25, 0.3) is 11.8 Å². The molecule has 132 heavy (non-hydrogen) atoms. The van der Waals surface area contributed by atoms with Gasteiger partial charge in [0.2, 0.25) is 76.9 Å². The number of primary amides is 2. The molecule has 6 aromatic carbocycles. The maximum Gasteiger partial charge on any atom is 0.336 e. The van der Waals surface area contributed by atoms with Crippen molar-refractivity contribution in [1.29, 1.82) is 0 Å². The summed E-state index contributed by atoms with van der Waals surface area (Å²) in [5.74, 6) is -10.7. The monoisotopic (exact) mass is 1810 g/mol. The van der Waals surface area contributed by atoms with Gasteiger partial charge in [-0.15, -0.1) is 0 Å². The summed E-state index contributed by atoms with van der Waals surface area (Å²) in [6.07, 6.45) is 4.32. The minimum atomic E-state index is -1.32. The van der Waals surface area contributed by atoms with Gasteiger partial charge in [0.05, 0.1) is 29.8 Å². The number of benzene rings is 7. The molecular weight excluding hydrogens is 1700 g/mol. The first kappa shape index (κ1) is 94.5. The molecule has 0 spiro atoms. The normalized spacial score (nSPS) is 17.6. The highest BCUT2D eigenvalue weighted by atomic mass is 16.5. The number of hydrogen-bond donors (Lipinski definition) is 17. The molecule has 1 aromatic heterocycles. The first-order valence-corrected chi connectivity index (χ1v) is 43.8. The Kier molecular flexibility index (Phi) is 30.7. The molecule has 692 valence electrons. The van der Waals surface area contributed by atoms with Gasteiger partial charge < -0.3 is 115 Å². The molecule has 6 atom stereocenters.